The third-order valence-corrected chi connectivity index (χ3v) is 4.99. The molecule has 1 saturated heterocycles. The Labute approximate surface area is 137 Å². The first-order valence-corrected chi connectivity index (χ1v) is 7.97. The maximum atomic E-state index is 13.0. The van der Waals surface area contributed by atoms with E-state index in [0.29, 0.717) is 19.5 Å². The van der Waals surface area contributed by atoms with E-state index in [-0.39, 0.29) is 11.8 Å². The quantitative estimate of drug-likeness (QED) is 0.798. The minimum absolute atomic E-state index is 0.0740. The molecule has 0 aromatic heterocycles. The SMILES string of the molecule is COc1ccc2c(c1)[C@@]1(CCN(C(=O)C(C)(C)C)C1)C(=O)N2C. The Kier molecular flexibility index (Phi) is 3.43. The van der Waals surface area contributed by atoms with E-state index in [1.54, 1.807) is 19.1 Å². The van der Waals surface area contributed by atoms with Crippen molar-refractivity contribution in [2.75, 3.05) is 32.1 Å². The standard InChI is InChI=1S/C18H24N2O3/c1-17(2,3)15(21)20-9-8-18(11-20)13-10-12(23-5)6-7-14(13)19(4)16(18)22/h6-7,10H,8-9,11H2,1-5H3/t18-/m0/s1. The van der Waals surface area contributed by atoms with Gasteiger partial charge in [0.25, 0.3) is 0 Å². The number of likely N-dealkylation sites (N-methyl/N-ethyl adjacent to an activating group) is 1. The van der Waals surface area contributed by atoms with Gasteiger partial charge >= 0.3 is 0 Å². The normalized spacial score (nSPS) is 23.6. The summed E-state index contributed by atoms with van der Waals surface area (Å²) < 4.78 is 5.33. The summed E-state index contributed by atoms with van der Waals surface area (Å²) in [4.78, 5) is 29.1. The highest BCUT2D eigenvalue weighted by Crippen LogP contribution is 2.48. The second kappa shape index (κ2) is 4.98. The fourth-order valence-electron chi connectivity index (χ4n) is 3.72. The van der Waals surface area contributed by atoms with Gasteiger partial charge in [-0.2, -0.15) is 0 Å². The number of carbonyl (C=O) groups is 2. The number of anilines is 1. The average Bonchev–Trinajstić information content (AvgIpc) is 3.04. The van der Waals surface area contributed by atoms with Crippen molar-refractivity contribution in [3.63, 3.8) is 0 Å². The van der Waals surface area contributed by atoms with Crippen molar-refractivity contribution >= 4 is 17.5 Å². The molecule has 0 saturated carbocycles. The first kappa shape index (κ1) is 15.8. The van der Waals surface area contributed by atoms with E-state index in [9.17, 15) is 9.59 Å². The molecule has 23 heavy (non-hydrogen) atoms. The zero-order valence-corrected chi connectivity index (χ0v) is 14.5. The van der Waals surface area contributed by atoms with Gasteiger partial charge in [0.05, 0.1) is 12.5 Å². The number of hydrogen-bond donors (Lipinski definition) is 0. The molecule has 5 heteroatoms. The van der Waals surface area contributed by atoms with Crippen LogP contribution in [0.1, 0.15) is 32.8 Å². The second-order valence-electron chi connectivity index (χ2n) is 7.56. The van der Waals surface area contributed by atoms with Gasteiger partial charge in [-0.3, -0.25) is 9.59 Å². The number of ether oxygens (including phenoxy) is 1. The molecular formula is C18H24N2O3. The summed E-state index contributed by atoms with van der Waals surface area (Å²) in [5.74, 6) is 0.915. The van der Waals surface area contributed by atoms with Crippen molar-refractivity contribution in [2.45, 2.75) is 32.6 Å². The molecule has 0 radical (unpaired) electrons. The zero-order valence-electron chi connectivity index (χ0n) is 14.5. The topological polar surface area (TPSA) is 49.9 Å². The second-order valence-corrected chi connectivity index (χ2v) is 7.56. The van der Waals surface area contributed by atoms with E-state index in [0.717, 1.165) is 17.0 Å². The largest absolute Gasteiger partial charge is 0.497 e. The van der Waals surface area contributed by atoms with Gasteiger partial charge in [-0.15, -0.1) is 0 Å². The predicted octanol–water partition coefficient (Wildman–Crippen LogP) is 2.19. The highest BCUT2D eigenvalue weighted by atomic mass is 16.5. The molecule has 1 atom stereocenters. The Hall–Kier alpha value is -2.04. The summed E-state index contributed by atoms with van der Waals surface area (Å²) in [6.07, 6.45) is 0.665. The lowest BCUT2D eigenvalue weighted by Crippen LogP contribution is -2.44. The van der Waals surface area contributed by atoms with Gasteiger partial charge in [0.15, 0.2) is 0 Å². The smallest absolute Gasteiger partial charge is 0.239 e. The molecule has 0 aliphatic carbocycles. The Morgan fingerprint density at radius 1 is 1.30 bits per heavy atom. The van der Waals surface area contributed by atoms with Crippen molar-refractivity contribution in [3.05, 3.63) is 23.8 Å². The molecule has 1 spiro atoms. The first-order chi connectivity index (χ1) is 10.7. The van der Waals surface area contributed by atoms with Crippen molar-refractivity contribution < 1.29 is 14.3 Å². The lowest BCUT2D eigenvalue weighted by atomic mass is 9.80. The Balaban J connectivity index is 2.01. The maximum Gasteiger partial charge on any atom is 0.239 e. The minimum Gasteiger partial charge on any atom is -0.497 e. The molecule has 1 aromatic carbocycles. The monoisotopic (exact) mass is 316 g/mol. The summed E-state index contributed by atoms with van der Waals surface area (Å²) in [5, 5.41) is 0. The molecule has 2 aliphatic rings. The molecule has 3 rings (SSSR count). The van der Waals surface area contributed by atoms with Crippen LogP contribution in [0.25, 0.3) is 0 Å². The first-order valence-electron chi connectivity index (χ1n) is 7.97. The fourth-order valence-corrected chi connectivity index (χ4v) is 3.72. The van der Waals surface area contributed by atoms with Crippen molar-refractivity contribution in [1.82, 2.24) is 4.90 Å². The Morgan fingerprint density at radius 3 is 2.61 bits per heavy atom. The number of carbonyl (C=O) groups excluding carboxylic acids is 2. The van der Waals surface area contributed by atoms with Crippen LogP contribution in [0.3, 0.4) is 0 Å². The van der Waals surface area contributed by atoms with Gasteiger partial charge in [0.2, 0.25) is 11.8 Å². The van der Waals surface area contributed by atoms with Crippen LogP contribution in [0.2, 0.25) is 0 Å². The van der Waals surface area contributed by atoms with Crippen LogP contribution in [0.15, 0.2) is 18.2 Å². The highest BCUT2D eigenvalue weighted by molar-refractivity contribution is 6.08. The van der Waals surface area contributed by atoms with Crippen LogP contribution in [0.5, 0.6) is 5.75 Å². The average molecular weight is 316 g/mol. The molecule has 2 amide bonds. The van der Waals surface area contributed by atoms with Crippen LogP contribution >= 0.6 is 0 Å². The van der Waals surface area contributed by atoms with E-state index >= 15 is 0 Å². The molecule has 5 nitrogen and oxygen atoms in total. The third kappa shape index (κ3) is 2.21. The predicted molar refractivity (Wildman–Crippen MR) is 88.7 cm³/mol. The van der Waals surface area contributed by atoms with Crippen LogP contribution in [-0.2, 0) is 15.0 Å². The summed E-state index contributed by atoms with van der Waals surface area (Å²) in [5.41, 5.74) is 0.838. The van der Waals surface area contributed by atoms with Gasteiger partial charge in [-0.1, -0.05) is 20.8 Å². The molecule has 0 bridgehead atoms. The number of benzene rings is 1. The van der Waals surface area contributed by atoms with Gasteiger partial charge < -0.3 is 14.5 Å². The third-order valence-electron chi connectivity index (χ3n) is 4.99. The molecule has 0 unspecified atom stereocenters. The number of amides is 2. The van der Waals surface area contributed by atoms with Crippen LogP contribution in [0, 0.1) is 5.41 Å². The van der Waals surface area contributed by atoms with Crippen LogP contribution in [-0.4, -0.2) is 44.0 Å². The summed E-state index contributed by atoms with van der Waals surface area (Å²) in [6.45, 7) is 6.82. The molecule has 1 aromatic rings. The van der Waals surface area contributed by atoms with Crippen molar-refractivity contribution in [1.29, 1.82) is 0 Å². The van der Waals surface area contributed by atoms with E-state index in [1.165, 1.54) is 0 Å². The number of nitrogens with zero attached hydrogens (tertiary/aromatic N) is 2. The number of fused-ring (bicyclic) bond motifs is 2. The van der Waals surface area contributed by atoms with Gasteiger partial charge in [0.1, 0.15) is 5.75 Å². The lowest BCUT2D eigenvalue weighted by molar-refractivity contribution is -0.138. The summed E-state index contributed by atoms with van der Waals surface area (Å²) in [7, 11) is 3.43. The van der Waals surface area contributed by atoms with E-state index in [1.807, 2.05) is 43.9 Å². The fraction of sp³-hybridized carbons (Fsp3) is 0.556. The van der Waals surface area contributed by atoms with Gasteiger partial charge in [0, 0.05) is 31.2 Å². The van der Waals surface area contributed by atoms with E-state index in [4.69, 9.17) is 4.74 Å². The Morgan fingerprint density at radius 2 is 2.00 bits per heavy atom. The lowest BCUT2D eigenvalue weighted by Gasteiger charge is -2.28. The molecule has 0 N–H and O–H groups in total. The zero-order chi connectivity index (χ0) is 17.0. The molecule has 2 heterocycles. The minimum atomic E-state index is -0.625. The molecular weight excluding hydrogens is 292 g/mol. The number of hydrogen-bond acceptors (Lipinski definition) is 3. The van der Waals surface area contributed by atoms with E-state index < -0.39 is 10.8 Å². The van der Waals surface area contributed by atoms with Crippen molar-refractivity contribution in [2.24, 2.45) is 5.41 Å². The molecule has 2 aliphatic heterocycles. The van der Waals surface area contributed by atoms with Crippen LogP contribution in [0.4, 0.5) is 5.69 Å². The summed E-state index contributed by atoms with van der Waals surface area (Å²) in [6, 6.07) is 5.74. The number of likely N-dealkylation sites (tertiary alicyclic amines) is 1. The Bertz CT molecular complexity index is 677. The molecule has 124 valence electrons. The molecule has 1 fully saturated rings. The number of rotatable bonds is 1. The summed E-state index contributed by atoms with van der Waals surface area (Å²) >= 11 is 0. The van der Waals surface area contributed by atoms with Gasteiger partial charge in [-0.25, -0.2) is 0 Å². The van der Waals surface area contributed by atoms with Gasteiger partial charge in [-0.05, 0) is 30.2 Å². The highest BCUT2D eigenvalue weighted by Gasteiger charge is 2.55. The number of methoxy groups -OCH3 is 1. The maximum absolute atomic E-state index is 13.0. The van der Waals surface area contributed by atoms with Crippen LogP contribution < -0.4 is 9.64 Å². The van der Waals surface area contributed by atoms with Crippen molar-refractivity contribution in [3.8, 4) is 5.75 Å². The van der Waals surface area contributed by atoms with E-state index in [2.05, 4.69) is 0 Å².